The molecule has 0 unspecified atom stereocenters. The van der Waals surface area contributed by atoms with E-state index in [2.05, 4.69) is 15.4 Å². The molecule has 31 heavy (non-hydrogen) atoms. The van der Waals surface area contributed by atoms with E-state index in [4.69, 9.17) is 9.47 Å². The van der Waals surface area contributed by atoms with Crippen molar-refractivity contribution in [1.82, 2.24) is 14.8 Å². The van der Waals surface area contributed by atoms with E-state index in [1.54, 1.807) is 38.4 Å². The van der Waals surface area contributed by atoms with Gasteiger partial charge in [0.15, 0.2) is 6.61 Å². The van der Waals surface area contributed by atoms with Crippen molar-refractivity contribution in [1.29, 1.82) is 0 Å². The van der Waals surface area contributed by atoms with E-state index in [0.29, 0.717) is 17.8 Å². The van der Waals surface area contributed by atoms with Gasteiger partial charge >= 0.3 is 11.9 Å². The fourth-order valence-electron chi connectivity index (χ4n) is 2.83. The molecule has 0 amide bonds. The normalized spacial score (nSPS) is 10.5. The minimum absolute atomic E-state index is 0.00279. The number of aromatic nitrogens is 3. The van der Waals surface area contributed by atoms with Crippen LogP contribution in [0.2, 0.25) is 0 Å². The van der Waals surface area contributed by atoms with Crippen molar-refractivity contribution in [3.8, 4) is 11.3 Å². The first-order valence-corrected chi connectivity index (χ1v) is 10.6. The summed E-state index contributed by atoms with van der Waals surface area (Å²) < 4.78 is 11.2. The highest BCUT2D eigenvalue weighted by Gasteiger charge is 2.26. The predicted molar refractivity (Wildman–Crippen MR) is 117 cm³/mol. The lowest BCUT2D eigenvalue weighted by Gasteiger charge is -2.17. The second kappa shape index (κ2) is 9.98. The van der Waals surface area contributed by atoms with Crippen molar-refractivity contribution in [3.63, 3.8) is 0 Å². The Morgan fingerprint density at radius 1 is 1.23 bits per heavy atom. The molecule has 3 heterocycles. The zero-order valence-corrected chi connectivity index (χ0v) is 18.2. The van der Waals surface area contributed by atoms with Gasteiger partial charge in [-0.3, -0.25) is 9.78 Å². The lowest BCUT2D eigenvalue weighted by Crippen LogP contribution is -2.29. The van der Waals surface area contributed by atoms with Crippen molar-refractivity contribution in [2.45, 2.75) is 27.3 Å². The molecule has 9 nitrogen and oxygen atoms in total. The molecule has 0 saturated heterocycles. The number of thiophene rings is 1. The van der Waals surface area contributed by atoms with Crippen molar-refractivity contribution in [2.24, 2.45) is 0 Å². The summed E-state index contributed by atoms with van der Waals surface area (Å²) in [5.41, 5.74) is 1.78. The van der Waals surface area contributed by atoms with Crippen LogP contribution in [0, 0.1) is 6.92 Å². The molecule has 10 heteroatoms. The lowest BCUT2D eigenvalue weighted by atomic mass is 10.1. The molecular weight excluding hydrogens is 420 g/mol. The van der Waals surface area contributed by atoms with Crippen LogP contribution >= 0.6 is 11.3 Å². The van der Waals surface area contributed by atoms with Gasteiger partial charge in [-0.05, 0) is 43.8 Å². The molecule has 3 aromatic rings. The first-order valence-electron chi connectivity index (χ1n) is 9.64. The van der Waals surface area contributed by atoms with Gasteiger partial charge in [0.25, 0.3) is 5.56 Å². The van der Waals surface area contributed by atoms with Crippen LogP contribution in [0.3, 0.4) is 0 Å². The molecule has 0 saturated carbocycles. The van der Waals surface area contributed by atoms with Crippen molar-refractivity contribution in [2.75, 3.05) is 18.5 Å². The summed E-state index contributed by atoms with van der Waals surface area (Å²) in [7, 11) is 0. The maximum absolute atomic E-state index is 13.1. The summed E-state index contributed by atoms with van der Waals surface area (Å²) in [6.07, 6.45) is 3.19. The van der Waals surface area contributed by atoms with Crippen LogP contribution in [0.5, 0.6) is 0 Å². The SMILES string of the molecule is CCOC(=O)COC(=O)c1c(-c2ccsc2)nn(CC)c(=O)c1Nc1cnccc1C. The Hall–Kier alpha value is -3.53. The van der Waals surface area contributed by atoms with Gasteiger partial charge < -0.3 is 14.8 Å². The largest absolute Gasteiger partial charge is 0.463 e. The van der Waals surface area contributed by atoms with Gasteiger partial charge in [-0.1, -0.05) is 0 Å². The molecule has 0 atom stereocenters. The highest BCUT2D eigenvalue weighted by molar-refractivity contribution is 7.08. The number of hydrogen-bond acceptors (Lipinski definition) is 9. The summed E-state index contributed by atoms with van der Waals surface area (Å²) >= 11 is 1.43. The van der Waals surface area contributed by atoms with Gasteiger partial charge in [-0.2, -0.15) is 16.4 Å². The summed E-state index contributed by atoms with van der Waals surface area (Å²) in [5, 5.41) is 11.1. The Labute approximate surface area is 182 Å². The Balaban J connectivity index is 2.15. The van der Waals surface area contributed by atoms with Crippen molar-refractivity contribution in [3.05, 3.63) is 56.8 Å². The Morgan fingerprint density at radius 3 is 2.68 bits per heavy atom. The third kappa shape index (κ3) is 4.97. The topological polar surface area (TPSA) is 112 Å². The minimum Gasteiger partial charge on any atom is -0.463 e. The second-order valence-corrected chi connectivity index (χ2v) is 7.21. The number of rotatable bonds is 8. The fourth-order valence-corrected chi connectivity index (χ4v) is 3.47. The van der Waals surface area contributed by atoms with Crippen LogP contribution in [0.15, 0.2) is 40.1 Å². The molecule has 3 aromatic heterocycles. The summed E-state index contributed by atoms with van der Waals surface area (Å²) in [5.74, 6) is -1.54. The summed E-state index contributed by atoms with van der Waals surface area (Å²) in [6.45, 7) is 5.18. The van der Waals surface area contributed by atoms with Crippen LogP contribution in [0.1, 0.15) is 29.8 Å². The molecule has 1 N–H and O–H groups in total. The van der Waals surface area contributed by atoms with E-state index >= 15 is 0 Å². The molecule has 0 fully saturated rings. The van der Waals surface area contributed by atoms with Gasteiger partial charge in [0.2, 0.25) is 0 Å². The first kappa shape index (κ1) is 22.2. The Kier molecular flexibility index (Phi) is 7.14. The third-order valence-corrected chi connectivity index (χ3v) is 5.06. The third-order valence-electron chi connectivity index (χ3n) is 4.38. The smallest absolute Gasteiger partial charge is 0.344 e. The number of pyridine rings is 1. The molecule has 3 rings (SSSR count). The van der Waals surface area contributed by atoms with Gasteiger partial charge in [0.05, 0.1) is 18.5 Å². The van der Waals surface area contributed by atoms with Crippen LogP contribution in [-0.4, -0.2) is 39.9 Å². The van der Waals surface area contributed by atoms with Gasteiger partial charge in [0, 0.05) is 23.7 Å². The molecule has 0 aromatic carbocycles. The van der Waals surface area contributed by atoms with E-state index in [-0.39, 0.29) is 23.6 Å². The molecule has 0 spiro atoms. The molecule has 0 aliphatic rings. The number of carbonyl (C=O) groups is 2. The zero-order chi connectivity index (χ0) is 22.4. The van der Waals surface area contributed by atoms with Crippen LogP contribution in [-0.2, 0) is 20.8 Å². The van der Waals surface area contributed by atoms with E-state index in [9.17, 15) is 14.4 Å². The average molecular weight is 442 g/mol. The molecular formula is C21H22N4O5S. The van der Waals surface area contributed by atoms with E-state index in [0.717, 1.165) is 5.56 Å². The number of ether oxygens (including phenoxy) is 2. The highest BCUT2D eigenvalue weighted by Crippen LogP contribution is 2.29. The number of hydrogen-bond donors (Lipinski definition) is 1. The zero-order valence-electron chi connectivity index (χ0n) is 17.4. The van der Waals surface area contributed by atoms with E-state index < -0.39 is 24.1 Å². The number of aryl methyl sites for hydroxylation is 2. The van der Waals surface area contributed by atoms with Gasteiger partial charge in [-0.25, -0.2) is 14.3 Å². The number of nitrogens with zero attached hydrogens (tertiary/aromatic N) is 3. The lowest BCUT2D eigenvalue weighted by molar-refractivity contribution is -0.146. The average Bonchev–Trinajstić information content (AvgIpc) is 3.29. The Morgan fingerprint density at radius 2 is 2.03 bits per heavy atom. The number of carbonyl (C=O) groups excluding carboxylic acids is 2. The molecule has 0 bridgehead atoms. The predicted octanol–water partition coefficient (Wildman–Crippen LogP) is 3.16. The van der Waals surface area contributed by atoms with Crippen molar-refractivity contribution >= 4 is 34.7 Å². The molecule has 0 aliphatic heterocycles. The summed E-state index contributed by atoms with van der Waals surface area (Å²) in [6, 6.07) is 3.57. The second-order valence-electron chi connectivity index (χ2n) is 6.43. The maximum Gasteiger partial charge on any atom is 0.344 e. The highest BCUT2D eigenvalue weighted by atomic mass is 32.1. The standard InChI is InChI=1S/C21H22N4O5S/c1-4-25-20(27)19(23-15-10-22-8-6-13(15)3)17(18(24-25)14-7-9-31-12-14)21(28)30-11-16(26)29-5-2/h6-10,12,23H,4-5,11H2,1-3H3. The minimum atomic E-state index is -0.855. The number of nitrogens with one attached hydrogen (secondary N) is 1. The first-order chi connectivity index (χ1) is 15.0. The van der Waals surface area contributed by atoms with Gasteiger partial charge in [-0.15, -0.1) is 0 Å². The van der Waals surface area contributed by atoms with Crippen LogP contribution in [0.25, 0.3) is 11.3 Å². The maximum atomic E-state index is 13.1. The van der Waals surface area contributed by atoms with E-state index in [1.165, 1.54) is 16.0 Å². The van der Waals surface area contributed by atoms with Crippen LogP contribution in [0.4, 0.5) is 11.4 Å². The fraction of sp³-hybridized carbons (Fsp3) is 0.286. The number of esters is 2. The van der Waals surface area contributed by atoms with Crippen molar-refractivity contribution < 1.29 is 19.1 Å². The molecule has 0 aliphatic carbocycles. The quantitative estimate of drug-likeness (QED) is 0.530. The number of anilines is 2. The summed E-state index contributed by atoms with van der Waals surface area (Å²) in [4.78, 5) is 41.9. The van der Waals surface area contributed by atoms with E-state index in [1.807, 2.05) is 17.7 Å². The molecule has 162 valence electrons. The van der Waals surface area contributed by atoms with Gasteiger partial charge in [0.1, 0.15) is 16.9 Å². The Bertz CT molecular complexity index is 1140. The van der Waals surface area contributed by atoms with Crippen LogP contribution < -0.4 is 10.9 Å². The monoisotopic (exact) mass is 442 g/mol. The molecule has 0 radical (unpaired) electrons.